The van der Waals surface area contributed by atoms with Crippen LogP contribution in [0.25, 0.3) is 0 Å². The molecule has 0 aliphatic rings. The molecule has 0 radical (unpaired) electrons. The van der Waals surface area contributed by atoms with E-state index >= 15 is 0 Å². The SMILES string of the molecule is Cc1cc(C#N)c(C(C)(C)C)c(O)c1C(=O)Nc1cc(C#N)ccc1Br. The van der Waals surface area contributed by atoms with Gasteiger partial charge in [0.2, 0.25) is 0 Å². The molecule has 2 aromatic carbocycles. The van der Waals surface area contributed by atoms with Gasteiger partial charge in [-0.25, -0.2) is 0 Å². The summed E-state index contributed by atoms with van der Waals surface area (Å²) in [4.78, 5) is 12.8. The van der Waals surface area contributed by atoms with E-state index in [1.807, 2.05) is 26.8 Å². The van der Waals surface area contributed by atoms with Crippen molar-refractivity contribution in [3.63, 3.8) is 0 Å². The third kappa shape index (κ3) is 3.71. The van der Waals surface area contributed by atoms with Crippen molar-refractivity contribution in [1.29, 1.82) is 10.5 Å². The predicted octanol–water partition coefficient (Wildman–Crippen LogP) is 4.76. The third-order valence-electron chi connectivity index (χ3n) is 3.94. The van der Waals surface area contributed by atoms with Crippen molar-refractivity contribution < 1.29 is 9.90 Å². The highest BCUT2D eigenvalue weighted by atomic mass is 79.9. The van der Waals surface area contributed by atoms with Crippen LogP contribution in [0.2, 0.25) is 0 Å². The van der Waals surface area contributed by atoms with Crippen molar-refractivity contribution in [2.45, 2.75) is 33.1 Å². The van der Waals surface area contributed by atoms with E-state index < -0.39 is 11.3 Å². The van der Waals surface area contributed by atoms with E-state index in [9.17, 15) is 15.2 Å². The number of nitrogens with one attached hydrogen (secondary N) is 1. The molecule has 0 saturated heterocycles. The van der Waals surface area contributed by atoms with Crippen molar-refractivity contribution >= 4 is 27.5 Å². The van der Waals surface area contributed by atoms with Crippen LogP contribution in [0, 0.1) is 29.6 Å². The van der Waals surface area contributed by atoms with E-state index in [0.717, 1.165) is 0 Å². The van der Waals surface area contributed by atoms with Gasteiger partial charge in [-0.2, -0.15) is 10.5 Å². The van der Waals surface area contributed by atoms with Gasteiger partial charge in [0.25, 0.3) is 5.91 Å². The van der Waals surface area contributed by atoms with Crippen LogP contribution in [0.3, 0.4) is 0 Å². The number of aryl methyl sites for hydroxylation is 1. The molecule has 0 unspecified atom stereocenters. The number of phenolic OH excluding ortho intramolecular Hbond substituents is 1. The van der Waals surface area contributed by atoms with Crippen LogP contribution in [-0.2, 0) is 5.41 Å². The van der Waals surface area contributed by atoms with Crippen LogP contribution in [0.5, 0.6) is 5.75 Å². The molecule has 132 valence electrons. The molecule has 26 heavy (non-hydrogen) atoms. The van der Waals surface area contributed by atoms with Gasteiger partial charge >= 0.3 is 0 Å². The third-order valence-corrected chi connectivity index (χ3v) is 4.63. The summed E-state index contributed by atoms with van der Waals surface area (Å²) in [7, 11) is 0. The first kappa shape index (κ1) is 19.5. The van der Waals surface area contributed by atoms with Crippen LogP contribution in [0.4, 0.5) is 5.69 Å². The van der Waals surface area contributed by atoms with Gasteiger partial charge < -0.3 is 10.4 Å². The molecule has 2 rings (SSSR count). The Hall–Kier alpha value is -2.83. The summed E-state index contributed by atoms with van der Waals surface area (Å²) >= 11 is 3.34. The molecule has 0 aliphatic heterocycles. The average Bonchev–Trinajstić information content (AvgIpc) is 2.54. The molecule has 6 heteroatoms. The second kappa shape index (κ2) is 7.19. The van der Waals surface area contributed by atoms with E-state index in [-0.39, 0.29) is 11.3 Å². The monoisotopic (exact) mass is 411 g/mol. The number of halogens is 1. The number of aromatic hydroxyl groups is 1. The highest BCUT2D eigenvalue weighted by molar-refractivity contribution is 9.10. The Bertz CT molecular complexity index is 977. The standard InChI is InChI=1S/C20H18BrN3O2/c1-11-7-13(10-23)17(20(2,3)4)18(25)16(11)19(26)24-15-8-12(9-22)5-6-14(15)21/h5-8,25H,1-4H3,(H,24,26). The minimum Gasteiger partial charge on any atom is -0.507 e. The van der Waals surface area contributed by atoms with Gasteiger partial charge in [-0.1, -0.05) is 20.8 Å². The van der Waals surface area contributed by atoms with E-state index in [2.05, 4.69) is 27.3 Å². The van der Waals surface area contributed by atoms with Crippen LogP contribution >= 0.6 is 15.9 Å². The number of anilines is 1. The molecular weight excluding hydrogens is 394 g/mol. The molecule has 0 aromatic heterocycles. The smallest absolute Gasteiger partial charge is 0.259 e. The van der Waals surface area contributed by atoms with Crippen molar-refractivity contribution in [1.82, 2.24) is 0 Å². The van der Waals surface area contributed by atoms with Gasteiger partial charge in [0, 0.05) is 10.0 Å². The second-order valence-corrected chi connectivity index (χ2v) is 7.82. The van der Waals surface area contributed by atoms with Crippen molar-refractivity contribution in [3.8, 4) is 17.9 Å². The molecule has 2 aromatic rings. The number of nitriles is 2. The predicted molar refractivity (Wildman–Crippen MR) is 103 cm³/mol. The zero-order valence-electron chi connectivity index (χ0n) is 14.9. The summed E-state index contributed by atoms with van der Waals surface area (Å²) in [6.07, 6.45) is 0. The number of nitrogens with zero attached hydrogens (tertiary/aromatic N) is 2. The first-order valence-corrected chi connectivity index (χ1v) is 8.67. The molecule has 0 saturated carbocycles. The Kier molecular flexibility index (Phi) is 5.39. The lowest BCUT2D eigenvalue weighted by Crippen LogP contribution is -2.19. The highest BCUT2D eigenvalue weighted by Crippen LogP contribution is 2.38. The summed E-state index contributed by atoms with van der Waals surface area (Å²) in [5.74, 6) is -0.704. The fourth-order valence-corrected chi connectivity index (χ4v) is 3.16. The molecule has 0 atom stereocenters. The Morgan fingerprint density at radius 3 is 2.38 bits per heavy atom. The lowest BCUT2D eigenvalue weighted by atomic mass is 9.81. The first-order valence-electron chi connectivity index (χ1n) is 7.88. The number of carbonyl (C=O) groups is 1. The minimum atomic E-state index is -0.515. The van der Waals surface area contributed by atoms with Crippen molar-refractivity contribution in [2.24, 2.45) is 0 Å². The van der Waals surface area contributed by atoms with Gasteiger partial charge in [-0.05, 0) is 58.1 Å². The largest absolute Gasteiger partial charge is 0.507 e. The Balaban J connectivity index is 2.58. The Labute approximate surface area is 161 Å². The van der Waals surface area contributed by atoms with Gasteiger partial charge in [0.15, 0.2) is 0 Å². The van der Waals surface area contributed by atoms with Gasteiger partial charge in [0.1, 0.15) is 5.75 Å². The molecule has 2 N–H and O–H groups in total. The maximum Gasteiger partial charge on any atom is 0.259 e. The molecule has 0 spiro atoms. The Morgan fingerprint density at radius 2 is 1.85 bits per heavy atom. The number of carbonyl (C=O) groups excluding carboxylic acids is 1. The summed E-state index contributed by atoms with van der Waals surface area (Å²) < 4.78 is 0.617. The summed E-state index contributed by atoms with van der Waals surface area (Å²) in [6, 6.07) is 10.6. The van der Waals surface area contributed by atoms with E-state index in [1.54, 1.807) is 31.2 Å². The molecule has 5 nitrogen and oxygen atoms in total. The number of benzene rings is 2. The Morgan fingerprint density at radius 1 is 1.19 bits per heavy atom. The average molecular weight is 412 g/mol. The number of amides is 1. The quantitative estimate of drug-likeness (QED) is 0.744. The van der Waals surface area contributed by atoms with Crippen LogP contribution in [0.15, 0.2) is 28.7 Å². The number of phenols is 1. The van der Waals surface area contributed by atoms with Gasteiger partial charge in [0.05, 0.1) is 34.5 Å². The van der Waals surface area contributed by atoms with E-state index in [4.69, 9.17) is 5.26 Å². The first-order chi connectivity index (χ1) is 12.1. The zero-order valence-corrected chi connectivity index (χ0v) is 16.5. The number of hydrogen-bond acceptors (Lipinski definition) is 4. The normalized spacial score (nSPS) is 10.7. The van der Waals surface area contributed by atoms with Crippen molar-refractivity contribution in [2.75, 3.05) is 5.32 Å². The molecule has 0 fully saturated rings. The van der Waals surface area contributed by atoms with E-state index in [1.165, 1.54) is 0 Å². The van der Waals surface area contributed by atoms with Gasteiger partial charge in [-0.3, -0.25) is 4.79 Å². The molecule has 0 bridgehead atoms. The lowest BCUT2D eigenvalue weighted by molar-refractivity contribution is 0.102. The fourth-order valence-electron chi connectivity index (χ4n) is 2.81. The fraction of sp³-hybridized carbons (Fsp3) is 0.250. The minimum absolute atomic E-state index is 0.114. The molecule has 0 aliphatic carbocycles. The molecule has 1 amide bonds. The van der Waals surface area contributed by atoms with Crippen LogP contribution in [0.1, 0.15) is 53.4 Å². The zero-order chi connectivity index (χ0) is 19.6. The highest BCUT2D eigenvalue weighted by Gasteiger charge is 2.28. The second-order valence-electron chi connectivity index (χ2n) is 6.96. The van der Waals surface area contributed by atoms with Crippen molar-refractivity contribution in [3.05, 3.63) is 56.6 Å². The lowest BCUT2D eigenvalue weighted by Gasteiger charge is -2.24. The maximum atomic E-state index is 12.8. The summed E-state index contributed by atoms with van der Waals surface area (Å²) in [5, 5.41) is 31.9. The summed E-state index contributed by atoms with van der Waals surface area (Å²) in [6.45, 7) is 7.27. The summed E-state index contributed by atoms with van der Waals surface area (Å²) in [5.41, 5.74) is 1.70. The number of hydrogen-bond donors (Lipinski definition) is 2. The maximum absolute atomic E-state index is 12.8. The van der Waals surface area contributed by atoms with Gasteiger partial charge in [-0.15, -0.1) is 0 Å². The molecular formula is C20H18BrN3O2. The number of rotatable bonds is 2. The van der Waals surface area contributed by atoms with E-state index in [0.29, 0.717) is 32.4 Å². The van der Waals surface area contributed by atoms with Crippen LogP contribution in [-0.4, -0.2) is 11.0 Å². The molecule has 0 heterocycles. The topological polar surface area (TPSA) is 96.9 Å². The van der Waals surface area contributed by atoms with Crippen LogP contribution < -0.4 is 5.32 Å².